The second kappa shape index (κ2) is 5.49. The maximum atomic E-state index is 13.8. The van der Waals surface area contributed by atoms with Gasteiger partial charge in [0.2, 0.25) is 0 Å². The summed E-state index contributed by atoms with van der Waals surface area (Å²) in [5.74, 6) is 1.19. The number of halogens is 1. The molecule has 1 heterocycles. The normalized spacial score (nSPS) is 25.5. The zero-order chi connectivity index (χ0) is 14.2. The van der Waals surface area contributed by atoms with E-state index in [4.69, 9.17) is 5.73 Å². The fourth-order valence-electron chi connectivity index (χ4n) is 3.18. The highest BCUT2D eigenvalue weighted by Gasteiger charge is 2.24. The standard InChI is InChI=1S/C16H25FN2/c1-10-5-11(2)9-19(8-10)16-6-12(3)15(17)7-14(16)13(4)18/h6-7,10-11,13H,5,8-9,18H2,1-4H3/t10?,11?,13-/m1/s1. The van der Waals surface area contributed by atoms with Gasteiger partial charge in [-0.25, -0.2) is 4.39 Å². The minimum atomic E-state index is -0.158. The first-order valence-electron chi connectivity index (χ1n) is 7.19. The highest BCUT2D eigenvalue weighted by Crippen LogP contribution is 2.32. The lowest BCUT2D eigenvalue weighted by Gasteiger charge is -2.38. The number of benzene rings is 1. The lowest BCUT2D eigenvalue weighted by atomic mass is 9.90. The Bertz CT molecular complexity index is 446. The van der Waals surface area contributed by atoms with E-state index >= 15 is 0 Å². The Labute approximate surface area is 115 Å². The molecule has 0 aliphatic carbocycles. The highest BCUT2D eigenvalue weighted by molar-refractivity contribution is 5.57. The van der Waals surface area contributed by atoms with Gasteiger partial charge in [0.25, 0.3) is 0 Å². The molecule has 0 bridgehead atoms. The second-order valence-corrected chi connectivity index (χ2v) is 6.30. The molecule has 19 heavy (non-hydrogen) atoms. The average molecular weight is 264 g/mol. The summed E-state index contributed by atoms with van der Waals surface area (Å²) in [6.07, 6.45) is 1.27. The first-order valence-corrected chi connectivity index (χ1v) is 7.19. The average Bonchev–Trinajstić information content (AvgIpc) is 2.30. The van der Waals surface area contributed by atoms with E-state index in [0.29, 0.717) is 17.4 Å². The number of nitrogens with two attached hydrogens (primary N) is 1. The van der Waals surface area contributed by atoms with Crippen molar-refractivity contribution in [1.29, 1.82) is 0 Å². The second-order valence-electron chi connectivity index (χ2n) is 6.30. The molecule has 3 atom stereocenters. The third-order valence-electron chi connectivity index (χ3n) is 4.01. The van der Waals surface area contributed by atoms with Crippen molar-refractivity contribution in [3.05, 3.63) is 29.1 Å². The van der Waals surface area contributed by atoms with Gasteiger partial charge < -0.3 is 10.6 Å². The third-order valence-corrected chi connectivity index (χ3v) is 4.01. The topological polar surface area (TPSA) is 29.3 Å². The van der Waals surface area contributed by atoms with Gasteiger partial charge in [0, 0.05) is 24.8 Å². The molecule has 0 saturated carbocycles. The summed E-state index contributed by atoms with van der Waals surface area (Å²) < 4.78 is 13.8. The molecule has 0 radical (unpaired) electrons. The number of rotatable bonds is 2. The molecule has 3 heteroatoms. The Morgan fingerprint density at radius 1 is 1.26 bits per heavy atom. The van der Waals surface area contributed by atoms with Crippen LogP contribution in [-0.2, 0) is 0 Å². The van der Waals surface area contributed by atoms with Gasteiger partial charge in [-0.05, 0) is 55.4 Å². The predicted octanol–water partition coefficient (Wildman–Crippen LogP) is 3.64. The van der Waals surface area contributed by atoms with E-state index in [1.807, 2.05) is 19.9 Å². The molecule has 2 rings (SSSR count). The Morgan fingerprint density at radius 2 is 1.84 bits per heavy atom. The molecule has 1 saturated heterocycles. The SMILES string of the molecule is Cc1cc(N2CC(C)CC(C)C2)c([C@@H](C)N)cc1F. The van der Waals surface area contributed by atoms with Crippen molar-refractivity contribution in [2.24, 2.45) is 17.6 Å². The number of hydrogen-bond donors (Lipinski definition) is 1. The number of aryl methyl sites for hydroxylation is 1. The summed E-state index contributed by atoms with van der Waals surface area (Å²) in [5.41, 5.74) is 8.75. The molecular weight excluding hydrogens is 239 g/mol. The molecule has 2 nitrogen and oxygen atoms in total. The molecule has 1 aromatic rings. The van der Waals surface area contributed by atoms with E-state index < -0.39 is 0 Å². The van der Waals surface area contributed by atoms with Crippen molar-refractivity contribution in [3.63, 3.8) is 0 Å². The number of piperidine rings is 1. The van der Waals surface area contributed by atoms with E-state index in [1.54, 1.807) is 6.07 Å². The first kappa shape index (κ1) is 14.3. The molecule has 106 valence electrons. The predicted molar refractivity (Wildman–Crippen MR) is 78.9 cm³/mol. The van der Waals surface area contributed by atoms with Gasteiger partial charge in [0.15, 0.2) is 0 Å². The van der Waals surface area contributed by atoms with Crippen molar-refractivity contribution >= 4 is 5.69 Å². The van der Waals surface area contributed by atoms with E-state index in [9.17, 15) is 4.39 Å². The zero-order valence-electron chi connectivity index (χ0n) is 12.4. The maximum Gasteiger partial charge on any atom is 0.126 e. The van der Waals surface area contributed by atoms with Crippen LogP contribution in [0.4, 0.5) is 10.1 Å². The molecule has 1 aliphatic heterocycles. The molecule has 0 aromatic heterocycles. The van der Waals surface area contributed by atoms with Crippen LogP contribution < -0.4 is 10.6 Å². The smallest absolute Gasteiger partial charge is 0.126 e. The Morgan fingerprint density at radius 3 is 2.37 bits per heavy atom. The molecule has 2 N–H and O–H groups in total. The molecule has 2 unspecified atom stereocenters. The summed E-state index contributed by atoms with van der Waals surface area (Å²) in [7, 11) is 0. The molecule has 1 aliphatic rings. The largest absolute Gasteiger partial charge is 0.371 e. The minimum Gasteiger partial charge on any atom is -0.371 e. The number of hydrogen-bond acceptors (Lipinski definition) is 2. The maximum absolute atomic E-state index is 13.8. The van der Waals surface area contributed by atoms with Crippen molar-refractivity contribution in [2.75, 3.05) is 18.0 Å². The number of nitrogens with zero attached hydrogens (tertiary/aromatic N) is 1. The summed E-state index contributed by atoms with van der Waals surface area (Å²) in [6, 6.07) is 3.43. The molecule has 1 fully saturated rings. The Hall–Kier alpha value is -1.09. The fraction of sp³-hybridized carbons (Fsp3) is 0.625. The van der Waals surface area contributed by atoms with Crippen LogP contribution in [-0.4, -0.2) is 13.1 Å². The van der Waals surface area contributed by atoms with Crippen LogP contribution in [0.25, 0.3) is 0 Å². The third kappa shape index (κ3) is 3.08. The monoisotopic (exact) mass is 264 g/mol. The lowest BCUT2D eigenvalue weighted by molar-refractivity contribution is 0.356. The number of anilines is 1. The van der Waals surface area contributed by atoms with Crippen LogP contribution in [0.5, 0.6) is 0 Å². The van der Waals surface area contributed by atoms with E-state index in [1.165, 1.54) is 6.42 Å². The van der Waals surface area contributed by atoms with Crippen molar-refractivity contribution in [1.82, 2.24) is 0 Å². The fourth-order valence-corrected chi connectivity index (χ4v) is 3.18. The van der Waals surface area contributed by atoms with Gasteiger partial charge in [-0.3, -0.25) is 0 Å². The van der Waals surface area contributed by atoms with Crippen LogP contribution in [0, 0.1) is 24.6 Å². The Balaban J connectivity index is 2.40. The van der Waals surface area contributed by atoms with Crippen molar-refractivity contribution < 1.29 is 4.39 Å². The van der Waals surface area contributed by atoms with E-state index in [-0.39, 0.29) is 11.9 Å². The summed E-state index contributed by atoms with van der Waals surface area (Å²) in [4.78, 5) is 2.38. The molecule has 0 amide bonds. The molecule has 0 spiro atoms. The van der Waals surface area contributed by atoms with Crippen LogP contribution in [0.2, 0.25) is 0 Å². The summed E-state index contributed by atoms with van der Waals surface area (Å²) in [5, 5.41) is 0. The minimum absolute atomic E-state index is 0.141. The zero-order valence-corrected chi connectivity index (χ0v) is 12.4. The summed E-state index contributed by atoms with van der Waals surface area (Å²) >= 11 is 0. The van der Waals surface area contributed by atoms with Crippen LogP contribution >= 0.6 is 0 Å². The van der Waals surface area contributed by atoms with Crippen molar-refractivity contribution in [2.45, 2.75) is 40.2 Å². The molecular formula is C16H25FN2. The summed E-state index contributed by atoms with van der Waals surface area (Å²) in [6.45, 7) is 10.4. The van der Waals surface area contributed by atoms with Crippen molar-refractivity contribution in [3.8, 4) is 0 Å². The van der Waals surface area contributed by atoms with Gasteiger partial charge in [-0.15, -0.1) is 0 Å². The van der Waals surface area contributed by atoms with Crippen LogP contribution in [0.3, 0.4) is 0 Å². The lowest BCUT2D eigenvalue weighted by Crippen LogP contribution is -2.39. The van der Waals surface area contributed by atoms with Gasteiger partial charge in [0.05, 0.1) is 0 Å². The van der Waals surface area contributed by atoms with Crippen LogP contribution in [0.15, 0.2) is 12.1 Å². The molecule has 1 aromatic carbocycles. The first-order chi connectivity index (χ1) is 8.88. The van der Waals surface area contributed by atoms with E-state index in [2.05, 4.69) is 18.7 Å². The highest BCUT2D eigenvalue weighted by atomic mass is 19.1. The Kier molecular flexibility index (Phi) is 4.14. The van der Waals surface area contributed by atoms with Gasteiger partial charge in [-0.1, -0.05) is 13.8 Å². The van der Waals surface area contributed by atoms with E-state index in [0.717, 1.165) is 24.3 Å². The van der Waals surface area contributed by atoms with Crippen LogP contribution in [0.1, 0.15) is 44.4 Å². The van der Waals surface area contributed by atoms with Gasteiger partial charge in [-0.2, -0.15) is 0 Å². The van der Waals surface area contributed by atoms with Gasteiger partial charge in [0.1, 0.15) is 5.82 Å². The van der Waals surface area contributed by atoms with Gasteiger partial charge >= 0.3 is 0 Å². The quantitative estimate of drug-likeness (QED) is 0.883.